The molecule has 1 atom stereocenters. The summed E-state index contributed by atoms with van der Waals surface area (Å²) in [7, 11) is 0. The molecule has 0 heterocycles. The summed E-state index contributed by atoms with van der Waals surface area (Å²) >= 11 is 0. The third-order valence-electron chi connectivity index (χ3n) is 3.36. The molecule has 1 N–H and O–H groups in total. The number of aliphatic hydroxyl groups is 1. The fourth-order valence-corrected chi connectivity index (χ4v) is 2.26. The smallest absolute Gasteiger partial charge is 0.0602 e. The molecule has 1 nitrogen and oxygen atoms in total. The maximum absolute atomic E-state index is 9.97. The second-order valence-electron chi connectivity index (χ2n) is 4.47. The van der Waals surface area contributed by atoms with Crippen molar-refractivity contribution in [2.45, 2.75) is 58.0 Å². The second kappa shape index (κ2) is 4.67. The molecule has 0 amide bonds. The van der Waals surface area contributed by atoms with Gasteiger partial charge in [-0.15, -0.1) is 12.3 Å². The van der Waals surface area contributed by atoms with Gasteiger partial charge in [-0.1, -0.05) is 26.2 Å². The molecule has 13 heavy (non-hydrogen) atoms. The summed E-state index contributed by atoms with van der Waals surface area (Å²) < 4.78 is 0. The van der Waals surface area contributed by atoms with Crippen molar-refractivity contribution < 1.29 is 5.11 Å². The Morgan fingerprint density at radius 1 is 1.38 bits per heavy atom. The zero-order chi connectivity index (χ0) is 9.73. The molecule has 74 valence electrons. The van der Waals surface area contributed by atoms with Crippen LogP contribution in [0, 0.1) is 17.8 Å². The lowest BCUT2D eigenvalue weighted by Crippen LogP contribution is -2.34. The Bertz CT molecular complexity index is 184. The lowest BCUT2D eigenvalue weighted by molar-refractivity contribution is 0.00534. The maximum Gasteiger partial charge on any atom is 0.0602 e. The Morgan fingerprint density at radius 3 is 2.54 bits per heavy atom. The van der Waals surface area contributed by atoms with Crippen molar-refractivity contribution in [2.75, 3.05) is 0 Å². The molecule has 0 aromatic carbocycles. The Labute approximate surface area is 81.5 Å². The van der Waals surface area contributed by atoms with E-state index in [0.29, 0.717) is 6.42 Å². The van der Waals surface area contributed by atoms with Crippen LogP contribution >= 0.6 is 0 Å². The molecule has 1 heteroatoms. The van der Waals surface area contributed by atoms with Gasteiger partial charge in [0.1, 0.15) is 0 Å². The molecular formula is C12H20O. The van der Waals surface area contributed by atoms with Crippen molar-refractivity contribution in [3.8, 4) is 12.3 Å². The van der Waals surface area contributed by atoms with E-state index in [0.717, 1.165) is 6.42 Å². The molecule has 0 spiro atoms. The second-order valence-corrected chi connectivity index (χ2v) is 4.47. The van der Waals surface area contributed by atoms with Gasteiger partial charge in [-0.3, -0.25) is 0 Å². The molecule has 0 saturated heterocycles. The van der Waals surface area contributed by atoms with Crippen molar-refractivity contribution in [3.05, 3.63) is 0 Å². The molecule has 0 bridgehead atoms. The van der Waals surface area contributed by atoms with E-state index in [4.69, 9.17) is 6.42 Å². The Balaban J connectivity index is 2.42. The third-order valence-corrected chi connectivity index (χ3v) is 3.36. The third kappa shape index (κ3) is 2.74. The van der Waals surface area contributed by atoms with E-state index in [2.05, 4.69) is 12.8 Å². The molecule has 1 saturated carbocycles. The van der Waals surface area contributed by atoms with Crippen LogP contribution in [0.2, 0.25) is 0 Å². The first-order valence-electron chi connectivity index (χ1n) is 5.30. The summed E-state index contributed by atoms with van der Waals surface area (Å²) in [5.41, 5.74) is 0.148. The first-order valence-corrected chi connectivity index (χ1v) is 5.30. The van der Waals surface area contributed by atoms with Crippen molar-refractivity contribution >= 4 is 0 Å². The standard InChI is InChI=1S/C12H20O/c1-3-4-8-11(13)12(2)9-6-5-7-10-12/h1,11,13H,4-10H2,2H3. The lowest BCUT2D eigenvalue weighted by atomic mass is 9.71. The van der Waals surface area contributed by atoms with E-state index in [1.807, 2.05) is 0 Å². The van der Waals surface area contributed by atoms with Crippen LogP contribution in [0.3, 0.4) is 0 Å². The minimum Gasteiger partial charge on any atom is -0.393 e. The number of aliphatic hydroxyl groups excluding tert-OH is 1. The van der Waals surface area contributed by atoms with Crippen LogP contribution in [0.5, 0.6) is 0 Å². The van der Waals surface area contributed by atoms with E-state index in [9.17, 15) is 5.11 Å². The van der Waals surface area contributed by atoms with Gasteiger partial charge >= 0.3 is 0 Å². The highest BCUT2D eigenvalue weighted by Crippen LogP contribution is 2.39. The molecular weight excluding hydrogens is 160 g/mol. The van der Waals surface area contributed by atoms with Crippen molar-refractivity contribution in [2.24, 2.45) is 5.41 Å². The topological polar surface area (TPSA) is 20.2 Å². The maximum atomic E-state index is 9.97. The number of hydrogen-bond donors (Lipinski definition) is 1. The first-order chi connectivity index (χ1) is 6.19. The van der Waals surface area contributed by atoms with E-state index < -0.39 is 0 Å². The zero-order valence-electron chi connectivity index (χ0n) is 8.55. The quantitative estimate of drug-likeness (QED) is 0.662. The number of terminal acetylenes is 1. The van der Waals surface area contributed by atoms with Gasteiger partial charge in [-0.2, -0.15) is 0 Å². The van der Waals surface area contributed by atoms with Crippen LogP contribution in [0.15, 0.2) is 0 Å². The normalized spacial score (nSPS) is 23.5. The van der Waals surface area contributed by atoms with Crippen LogP contribution in [-0.2, 0) is 0 Å². The van der Waals surface area contributed by atoms with E-state index in [1.54, 1.807) is 0 Å². The monoisotopic (exact) mass is 180 g/mol. The van der Waals surface area contributed by atoms with Gasteiger partial charge in [0.05, 0.1) is 6.10 Å². The van der Waals surface area contributed by atoms with Crippen LogP contribution < -0.4 is 0 Å². The molecule has 0 aromatic rings. The molecule has 1 rings (SSSR count). The highest BCUT2D eigenvalue weighted by Gasteiger charge is 2.33. The van der Waals surface area contributed by atoms with Crippen molar-refractivity contribution in [1.29, 1.82) is 0 Å². The summed E-state index contributed by atoms with van der Waals surface area (Å²) in [6.45, 7) is 2.20. The number of rotatable bonds is 3. The summed E-state index contributed by atoms with van der Waals surface area (Å²) in [6.07, 6.45) is 12.7. The SMILES string of the molecule is C#CCCC(O)C1(C)CCCCC1. The van der Waals surface area contributed by atoms with Crippen molar-refractivity contribution in [3.63, 3.8) is 0 Å². The average molecular weight is 180 g/mol. The first kappa shape index (κ1) is 10.6. The molecule has 1 fully saturated rings. The van der Waals surface area contributed by atoms with Crippen LogP contribution in [0.25, 0.3) is 0 Å². The fraction of sp³-hybridized carbons (Fsp3) is 0.833. The summed E-state index contributed by atoms with van der Waals surface area (Å²) in [5, 5.41) is 9.97. The highest BCUT2D eigenvalue weighted by atomic mass is 16.3. The molecule has 1 aliphatic carbocycles. The van der Waals surface area contributed by atoms with E-state index in [1.165, 1.54) is 32.1 Å². The van der Waals surface area contributed by atoms with Gasteiger partial charge in [0, 0.05) is 6.42 Å². The minimum absolute atomic E-state index is 0.148. The van der Waals surface area contributed by atoms with E-state index >= 15 is 0 Å². The predicted octanol–water partition coefficient (Wildman–Crippen LogP) is 2.73. The van der Waals surface area contributed by atoms with Gasteiger partial charge in [0.2, 0.25) is 0 Å². The number of hydrogen-bond acceptors (Lipinski definition) is 1. The fourth-order valence-electron chi connectivity index (χ4n) is 2.26. The Kier molecular flexibility index (Phi) is 3.81. The predicted molar refractivity (Wildman–Crippen MR) is 55.3 cm³/mol. The summed E-state index contributed by atoms with van der Waals surface area (Å²) in [5.74, 6) is 2.59. The molecule has 1 unspecified atom stereocenters. The Morgan fingerprint density at radius 2 is 2.00 bits per heavy atom. The van der Waals surface area contributed by atoms with Gasteiger partial charge in [0.25, 0.3) is 0 Å². The lowest BCUT2D eigenvalue weighted by Gasteiger charge is -2.37. The minimum atomic E-state index is -0.191. The average Bonchev–Trinajstić information content (AvgIpc) is 2.15. The van der Waals surface area contributed by atoms with Crippen LogP contribution in [-0.4, -0.2) is 11.2 Å². The van der Waals surface area contributed by atoms with Crippen molar-refractivity contribution in [1.82, 2.24) is 0 Å². The van der Waals surface area contributed by atoms with Gasteiger partial charge in [-0.25, -0.2) is 0 Å². The molecule has 0 radical (unpaired) electrons. The van der Waals surface area contributed by atoms with Crippen LogP contribution in [0.4, 0.5) is 0 Å². The zero-order valence-corrected chi connectivity index (χ0v) is 8.55. The van der Waals surface area contributed by atoms with Gasteiger partial charge < -0.3 is 5.11 Å². The molecule has 0 aliphatic heterocycles. The summed E-state index contributed by atoms with van der Waals surface area (Å²) in [6, 6.07) is 0. The van der Waals surface area contributed by atoms with Gasteiger partial charge in [0.15, 0.2) is 0 Å². The Hall–Kier alpha value is -0.480. The summed E-state index contributed by atoms with van der Waals surface area (Å²) in [4.78, 5) is 0. The highest BCUT2D eigenvalue weighted by molar-refractivity contribution is 4.90. The van der Waals surface area contributed by atoms with Crippen LogP contribution in [0.1, 0.15) is 51.9 Å². The van der Waals surface area contributed by atoms with Gasteiger partial charge in [-0.05, 0) is 24.7 Å². The largest absolute Gasteiger partial charge is 0.393 e. The molecule has 0 aromatic heterocycles. The molecule has 1 aliphatic rings. The van der Waals surface area contributed by atoms with E-state index in [-0.39, 0.29) is 11.5 Å².